The Bertz CT molecular complexity index is 1790. The van der Waals surface area contributed by atoms with Crippen LogP contribution in [0.25, 0.3) is 0 Å². The van der Waals surface area contributed by atoms with Crippen molar-refractivity contribution in [2.24, 2.45) is 0 Å². The first-order valence-corrected chi connectivity index (χ1v) is 16.7. The fourth-order valence-electron chi connectivity index (χ4n) is 4.26. The maximum absolute atomic E-state index is 8.99. The minimum Gasteiger partial charge on any atom is -0.467 e. The van der Waals surface area contributed by atoms with Crippen molar-refractivity contribution in [1.29, 1.82) is 0 Å². The summed E-state index contributed by atoms with van der Waals surface area (Å²) in [5.74, 6) is 13.9. The van der Waals surface area contributed by atoms with E-state index in [2.05, 4.69) is 44.3 Å². The highest BCUT2D eigenvalue weighted by molar-refractivity contribution is 5.48. The van der Waals surface area contributed by atoms with Crippen LogP contribution in [-0.2, 0) is 54.7 Å². The molecule has 0 aliphatic carbocycles. The van der Waals surface area contributed by atoms with Crippen LogP contribution in [0.3, 0.4) is 0 Å². The van der Waals surface area contributed by atoms with E-state index in [1.54, 1.807) is 21.8 Å². The van der Waals surface area contributed by atoms with Crippen LogP contribution in [0.5, 0.6) is 11.5 Å². The van der Waals surface area contributed by atoms with E-state index in [1.807, 2.05) is 72.8 Å². The van der Waals surface area contributed by atoms with Gasteiger partial charge in [0.1, 0.15) is 36.5 Å². The van der Waals surface area contributed by atoms with Gasteiger partial charge in [0.2, 0.25) is 0 Å². The molecule has 0 radical (unpaired) electrons. The first-order chi connectivity index (χ1) is 26.7. The third-order valence-corrected chi connectivity index (χ3v) is 7.01. The van der Waals surface area contributed by atoms with E-state index in [-0.39, 0.29) is 54.0 Å². The minimum absolute atomic E-state index is 0.0183. The summed E-state index contributed by atoms with van der Waals surface area (Å²) in [4.78, 5) is 0. The van der Waals surface area contributed by atoms with Gasteiger partial charge in [-0.2, -0.15) is 0 Å². The van der Waals surface area contributed by atoms with Crippen LogP contribution in [0.2, 0.25) is 0 Å². The third kappa shape index (κ3) is 14.8. The van der Waals surface area contributed by atoms with Crippen LogP contribution in [0, 0.1) is 23.7 Å². The first kappa shape index (κ1) is 39.5. The Hall–Kier alpha value is -5.66. The van der Waals surface area contributed by atoms with Crippen molar-refractivity contribution in [1.82, 2.24) is 30.0 Å². The summed E-state index contributed by atoms with van der Waals surface area (Å²) >= 11 is 0. The molecule has 0 aliphatic heterocycles. The number of hydrogen-bond donors (Lipinski definition) is 2. The summed E-state index contributed by atoms with van der Waals surface area (Å²) < 4.78 is 46.2. The summed E-state index contributed by atoms with van der Waals surface area (Å²) in [6.07, 6.45) is 3.30. The SMILES string of the molecule is OCc1cn(CCOCOCOCOc2ccc(C#Cc3ccc(C#Cc4ccc(OCOCOCOCCn5cc(CO)nn5)cc4)cc3)cc2)nn1. The molecule has 0 fully saturated rings. The molecule has 0 bridgehead atoms. The van der Waals surface area contributed by atoms with Crippen molar-refractivity contribution in [2.75, 3.05) is 54.0 Å². The molecule has 282 valence electrons. The normalized spacial score (nSPS) is 10.7. The fourth-order valence-corrected chi connectivity index (χ4v) is 4.26. The maximum atomic E-state index is 8.99. The Morgan fingerprint density at radius 1 is 0.444 bits per heavy atom. The molecule has 0 amide bonds. The van der Waals surface area contributed by atoms with Crippen LogP contribution in [0.1, 0.15) is 33.6 Å². The summed E-state index contributed by atoms with van der Waals surface area (Å²) in [5, 5.41) is 33.3. The first-order valence-electron chi connectivity index (χ1n) is 16.7. The van der Waals surface area contributed by atoms with Gasteiger partial charge in [0, 0.05) is 22.3 Å². The van der Waals surface area contributed by atoms with Gasteiger partial charge < -0.3 is 48.1 Å². The van der Waals surface area contributed by atoms with Gasteiger partial charge in [-0.3, -0.25) is 0 Å². The lowest BCUT2D eigenvalue weighted by atomic mass is 10.1. The molecule has 5 aromatic rings. The Morgan fingerprint density at radius 3 is 1.13 bits per heavy atom. The maximum Gasteiger partial charge on any atom is 0.191 e. The van der Waals surface area contributed by atoms with Crippen molar-refractivity contribution in [3.8, 4) is 35.2 Å². The van der Waals surface area contributed by atoms with Crippen molar-refractivity contribution < 1.29 is 48.1 Å². The Labute approximate surface area is 312 Å². The number of ether oxygens (including phenoxy) is 8. The lowest BCUT2D eigenvalue weighted by Gasteiger charge is -2.08. The molecule has 0 unspecified atom stereocenters. The molecule has 5 rings (SSSR count). The average molecular weight is 741 g/mol. The number of nitrogens with zero attached hydrogens (tertiary/aromatic N) is 6. The molecule has 2 heterocycles. The zero-order valence-electron chi connectivity index (χ0n) is 29.4. The number of aromatic nitrogens is 6. The second kappa shape index (κ2) is 23.1. The van der Waals surface area contributed by atoms with Crippen molar-refractivity contribution in [3.05, 3.63) is 119 Å². The van der Waals surface area contributed by atoms with Gasteiger partial charge in [-0.15, -0.1) is 10.2 Å². The second-order valence-corrected chi connectivity index (χ2v) is 11.0. The second-order valence-electron chi connectivity index (χ2n) is 11.0. The molecule has 0 saturated heterocycles. The Morgan fingerprint density at radius 2 is 0.778 bits per heavy atom. The van der Waals surface area contributed by atoms with E-state index in [0.29, 0.717) is 49.2 Å². The summed E-state index contributed by atoms with van der Waals surface area (Å²) in [6, 6.07) is 22.5. The standard InChI is InChI=1S/C38H40N6O10/c45-23-35-21-43(41-39-35)17-19-47-25-49-27-51-29-53-37-13-9-33(10-14-37)7-5-31-1-2-32(4-3-31)6-8-34-11-15-38(16-12-34)54-30-52-28-50-26-48-20-18-44-22-36(24-46)40-42-44/h1-4,9-16,21-22,45-46H,17-20,23-30H2. The van der Waals surface area contributed by atoms with Crippen molar-refractivity contribution in [2.45, 2.75) is 26.3 Å². The van der Waals surface area contributed by atoms with Gasteiger partial charge in [0.25, 0.3) is 0 Å². The number of rotatable bonds is 22. The fraction of sp³-hybridized carbons (Fsp3) is 0.316. The highest BCUT2D eigenvalue weighted by Crippen LogP contribution is 2.13. The highest BCUT2D eigenvalue weighted by Gasteiger charge is 2.01. The summed E-state index contributed by atoms with van der Waals surface area (Å²) in [6.45, 7) is 1.67. The van der Waals surface area contributed by atoms with Gasteiger partial charge in [0.05, 0.1) is 51.9 Å². The van der Waals surface area contributed by atoms with Crippen LogP contribution in [0.4, 0.5) is 0 Å². The minimum atomic E-state index is -0.147. The van der Waals surface area contributed by atoms with Crippen LogP contribution >= 0.6 is 0 Å². The monoisotopic (exact) mass is 740 g/mol. The zero-order chi connectivity index (χ0) is 37.5. The molecule has 3 aromatic carbocycles. The lowest BCUT2D eigenvalue weighted by molar-refractivity contribution is -0.153. The van der Waals surface area contributed by atoms with E-state index in [4.69, 9.17) is 48.1 Å². The molecule has 0 saturated carbocycles. The molecule has 0 aliphatic rings. The summed E-state index contributed by atoms with van der Waals surface area (Å²) in [7, 11) is 0. The molecule has 16 nitrogen and oxygen atoms in total. The van der Waals surface area contributed by atoms with E-state index >= 15 is 0 Å². The molecule has 16 heteroatoms. The quantitative estimate of drug-likeness (QED) is 0.0602. The predicted octanol–water partition coefficient (Wildman–Crippen LogP) is 2.66. The third-order valence-electron chi connectivity index (χ3n) is 7.01. The van der Waals surface area contributed by atoms with E-state index in [1.165, 1.54) is 0 Å². The largest absolute Gasteiger partial charge is 0.467 e. The Kier molecular flexibility index (Phi) is 16.9. The van der Waals surface area contributed by atoms with E-state index in [0.717, 1.165) is 22.3 Å². The topological polar surface area (TPSA) is 176 Å². The molecular formula is C38H40N6O10. The van der Waals surface area contributed by atoms with Gasteiger partial charge >= 0.3 is 0 Å². The van der Waals surface area contributed by atoms with Gasteiger partial charge in [-0.05, 0) is 72.8 Å². The van der Waals surface area contributed by atoms with Crippen LogP contribution < -0.4 is 9.47 Å². The zero-order valence-corrected chi connectivity index (χ0v) is 29.4. The van der Waals surface area contributed by atoms with Gasteiger partial charge in [-0.1, -0.05) is 34.1 Å². The van der Waals surface area contributed by atoms with Gasteiger partial charge in [-0.25, -0.2) is 9.36 Å². The summed E-state index contributed by atoms with van der Waals surface area (Å²) in [5.41, 5.74) is 4.45. The molecule has 2 N–H and O–H groups in total. The van der Waals surface area contributed by atoms with E-state index in [9.17, 15) is 0 Å². The smallest absolute Gasteiger partial charge is 0.191 e. The van der Waals surface area contributed by atoms with Crippen molar-refractivity contribution >= 4 is 0 Å². The van der Waals surface area contributed by atoms with Crippen LogP contribution in [-0.4, -0.2) is 94.2 Å². The molecule has 2 aromatic heterocycles. The molecular weight excluding hydrogens is 700 g/mol. The molecule has 0 atom stereocenters. The average Bonchev–Trinajstić information content (AvgIpc) is 3.89. The van der Waals surface area contributed by atoms with Crippen LogP contribution in [0.15, 0.2) is 85.2 Å². The Balaban J connectivity index is 0.900. The number of aliphatic hydroxyl groups excluding tert-OH is 2. The van der Waals surface area contributed by atoms with E-state index < -0.39 is 0 Å². The lowest BCUT2D eigenvalue weighted by Crippen LogP contribution is -2.11. The van der Waals surface area contributed by atoms with Crippen molar-refractivity contribution in [3.63, 3.8) is 0 Å². The number of benzene rings is 3. The number of hydrogen-bond acceptors (Lipinski definition) is 14. The number of aliphatic hydroxyl groups is 2. The van der Waals surface area contributed by atoms with Gasteiger partial charge in [0.15, 0.2) is 27.2 Å². The molecule has 0 spiro atoms. The highest BCUT2D eigenvalue weighted by atomic mass is 16.8. The molecule has 54 heavy (non-hydrogen) atoms. The predicted molar refractivity (Wildman–Crippen MR) is 190 cm³/mol.